The third-order valence-electron chi connectivity index (χ3n) is 1.69. The number of rotatable bonds is 4. The molecule has 13 heavy (non-hydrogen) atoms. The van der Waals surface area contributed by atoms with E-state index in [1.807, 2.05) is 20.8 Å². The fourth-order valence-electron chi connectivity index (χ4n) is 1.24. The summed E-state index contributed by atoms with van der Waals surface area (Å²) in [4.78, 5) is 0. The van der Waals surface area contributed by atoms with Crippen molar-refractivity contribution in [3.05, 3.63) is 0 Å². The molecule has 1 nitrogen and oxygen atoms in total. The number of hydrogen-bond acceptors (Lipinski definition) is 1. The lowest BCUT2D eigenvalue weighted by molar-refractivity contribution is -0.200. The molecule has 0 N–H and O–H groups in total. The van der Waals surface area contributed by atoms with Gasteiger partial charge in [0.05, 0.1) is 5.60 Å². The van der Waals surface area contributed by atoms with Crippen LogP contribution in [0.4, 0.5) is 4.39 Å². The van der Waals surface area contributed by atoms with E-state index in [9.17, 15) is 4.39 Å². The molecule has 1 atom stereocenters. The van der Waals surface area contributed by atoms with Crippen molar-refractivity contribution in [3.8, 4) is 0 Å². The van der Waals surface area contributed by atoms with Gasteiger partial charge in [-0.15, -0.1) is 0 Å². The second kappa shape index (κ2) is 4.41. The number of halogens is 1. The van der Waals surface area contributed by atoms with Crippen LogP contribution in [0.1, 0.15) is 54.4 Å². The summed E-state index contributed by atoms with van der Waals surface area (Å²) in [6.07, 6.45) is 1.34. The molecule has 0 rings (SSSR count). The fourth-order valence-corrected chi connectivity index (χ4v) is 1.24. The zero-order chi connectivity index (χ0) is 10.7. The summed E-state index contributed by atoms with van der Waals surface area (Å²) >= 11 is 0. The van der Waals surface area contributed by atoms with E-state index in [0.717, 1.165) is 6.42 Å². The standard InChI is InChI=1S/C11H23FO/c1-9(2)7-8-11(6,12)13-10(3,4)5/h9H,7-8H2,1-6H3. The molecule has 0 saturated carbocycles. The summed E-state index contributed by atoms with van der Waals surface area (Å²) in [5, 5.41) is 0. The first kappa shape index (κ1) is 12.9. The molecule has 0 aliphatic carbocycles. The Morgan fingerprint density at radius 3 is 1.92 bits per heavy atom. The Balaban J connectivity index is 3.94. The van der Waals surface area contributed by atoms with E-state index < -0.39 is 11.5 Å². The van der Waals surface area contributed by atoms with Gasteiger partial charge in [0.15, 0.2) is 0 Å². The van der Waals surface area contributed by atoms with Crippen molar-refractivity contribution in [2.75, 3.05) is 0 Å². The van der Waals surface area contributed by atoms with Crippen molar-refractivity contribution in [2.24, 2.45) is 5.92 Å². The van der Waals surface area contributed by atoms with Gasteiger partial charge in [-0.3, -0.25) is 0 Å². The second-order valence-electron chi connectivity index (χ2n) is 5.25. The van der Waals surface area contributed by atoms with Crippen LogP contribution in [0.5, 0.6) is 0 Å². The molecule has 0 saturated heterocycles. The molecule has 80 valence electrons. The van der Waals surface area contributed by atoms with Gasteiger partial charge in [0.2, 0.25) is 5.85 Å². The highest BCUT2D eigenvalue weighted by Crippen LogP contribution is 2.27. The van der Waals surface area contributed by atoms with Gasteiger partial charge >= 0.3 is 0 Å². The van der Waals surface area contributed by atoms with E-state index in [4.69, 9.17) is 4.74 Å². The predicted molar refractivity (Wildman–Crippen MR) is 54.4 cm³/mol. The Hall–Kier alpha value is -0.110. The monoisotopic (exact) mass is 190 g/mol. The van der Waals surface area contributed by atoms with Crippen molar-refractivity contribution in [1.29, 1.82) is 0 Å². The van der Waals surface area contributed by atoms with Gasteiger partial charge in [0.1, 0.15) is 0 Å². The Morgan fingerprint density at radius 1 is 1.15 bits per heavy atom. The molecule has 0 heterocycles. The summed E-state index contributed by atoms with van der Waals surface area (Å²) < 4.78 is 19.0. The molecule has 0 aromatic heterocycles. The first-order valence-electron chi connectivity index (χ1n) is 5.01. The lowest BCUT2D eigenvalue weighted by atomic mass is 10.0. The Bertz CT molecular complexity index is 145. The van der Waals surface area contributed by atoms with Gasteiger partial charge < -0.3 is 4.74 Å². The van der Waals surface area contributed by atoms with E-state index in [-0.39, 0.29) is 0 Å². The zero-order valence-electron chi connectivity index (χ0n) is 9.78. The SMILES string of the molecule is CC(C)CCC(C)(F)OC(C)(C)C. The molecular formula is C11H23FO. The largest absolute Gasteiger partial charge is 0.340 e. The second-order valence-corrected chi connectivity index (χ2v) is 5.25. The van der Waals surface area contributed by atoms with Gasteiger partial charge in [0, 0.05) is 6.42 Å². The normalized spacial score (nSPS) is 17.5. The van der Waals surface area contributed by atoms with Gasteiger partial charge in [-0.25, -0.2) is 4.39 Å². The quantitative estimate of drug-likeness (QED) is 0.652. The summed E-state index contributed by atoms with van der Waals surface area (Å²) in [5.41, 5.74) is -0.402. The Kier molecular flexibility index (Phi) is 4.37. The van der Waals surface area contributed by atoms with Crippen LogP contribution in [-0.2, 0) is 4.74 Å². The highest BCUT2D eigenvalue weighted by molar-refractivity contribution is 4.69. The van der Waals surface area contributed by atoms with Gasteiger partial charge in [-0.2, -0.15) is 0 Å². The lowest BCUT2D eigenvalue weighted by Gasteiger charge is -2.30. The van der Waals surface area contributed by atoms with Crippen LogP contribution >= 0.6 is 0 Å². The van der Waals surface area contributed by atoms with Crippen molar-refractivity contribution in [1.82, 2.24) is 0 Å². The van der Waals surface area contributed by atoms with Crippen LogP contribution in [-0.4, -0.2) is 11.5 Å². The first-order chi connectivity index (χ1) is 5.62. The van der Waals surface area contributed by atoms with Crippen LogP contribution in [0.3, 0.4) is 0 Å². The van der Waals surface area contributed by atoms with E-state index in [1.165, 1.54) is 6.92 Å². The highest BCUT2D eigenvalue weighted by Gasteiger charge is 2.29. The molecule has 0 radical (unpaired) electrons. The average molecular weight is 190 g/mol. The molecule has 0 aliphatic heterocycles. The topological polar surface area (TPSA) is 9.23 Å². The third-order valence-corrected chi connectivity index (χ3v) is 1.69. The number of alkyl halides is 1. The molecule has 1 unspecified atom stereocenters. The predicted octanol–water partition coefficient (Wildman–Crippen LogP) is 3.92. The van der Waals surface area contributed by atoms with Crippen molar-refractivity contribution < 1.29 is 9.13 Å². The summed E-state index contributed by atoms with van der Waals surface area (Å²) in [5.74, 6) is -0.957. The molecule has 0 aliphatic rings. The molecule has 0 aromatic rings. The maximum atomic E-state index is 13.7. The van der Waals surface area contributed by atoms with Gasteiger partial charge in [-0.1, -0.05) is 13.8 Å². The molecule has 0 amide bonds. The summed E-state index contributed by atoms with van der Waals surface area (Å²) in [6.45, 7) is 11.3. The van der Waals surface area contributed by atoms with Crippen LogP contribution in [0.2, 0.25) is 0 Å². The van der Waals surface area contributed by atoms with Crippen molar-refractivity contribution in [3.63, 3.8) is 0 Å². The highest BCUT2D eigenvalue weighted by atomic mass is 19.2. The molecular weight excluding hydrogens is 167 g/mol. The maximum Gasteiger partial charge on any atom is 0.206 e. The maximum absolute atomic E-state index is 13.7. The molecule has 0 fully saturated rings. The molecule has 0 aromatic carbocycles. The van der Waals surface area contributed by atoms with Gasteiger partial charge in [0.25, 0.3) is 0 Å². The zero-order valence-corrected chi connectivity index (χ0v) is 9.78. The average Bonchev–Trinajstić information content (AvgIpc) is 1.78. The van der Waals surface area contributed by atoms with Crippen LogP contribution in [0.25, 0.3) is 0 Å². The fraction of sp³-hybridized carbons (Fsp3) is 1.00. The number of ether oxygens (including phenoxy) is 1. The van der Waals surface area contributed by atoms with E-state index >= 15 is 0 Å². The van der Waals surface area contributed by atoms with Crippen LogP contribution < -0.4 is 0 Å². The molecule has 0 spiro atoms. The minimum atomic E-state index is -1.48. The Morgan fingerprint density at radius 2 is 1.62 bits per heavy atom. The smallest absolute Gasteiger partial charge is 0.206 e. The van der Waals surface area contributed by atoms with E-state index in [2.05, 4.69) is 13.8 Å². The third kappa shape index (κ3) is 8.23. The van der Waals surface area contributed by atoms with Crippen LogP contribution in [0, 0.1) is 5.92 Å². The Labute approximate surface area is 81.7 Å². The lowest BCUT2D eigenvalue weighted by Crippen LogP contribution is -2.33. The number of hydrogen-bond donors (Lipinski definition) is 0. The van der Waals surface area contributed by atoms with Crippen molar-refractivity contribution in [2.45, 2.75) is 65.8 Å². The van der Waals surface area contributed by atoms with Crippen molar-refractivity contribution >= 4 is 0 Å². The van der Waals surface area contributed by atoms with E-state index in [0.29, 0.717) is 12.3 Å². The summed E-state index contributed by atoms with van der Waals surface area (Å²) in [7, 11) is 0. The summed E-state index contributed by atoms with van der Waals surface area (Å²) in [6, 6.07) is 0. The van der Waals surface area contributed by atoms with Gasteiger partial charge in [-0.05, 0) is 40.0 Å². The first-order valence-corrected chi connectivity index (χ1v) is 5.01. The minimum absolute atomic E-state index is 0.402. The van der Waals surface area contributed by atoms with E-state index in [1.54, 1.807) is 0 Å². The van der Waals surface area contributed by atoms with Crippen LogP contribution in [0.15, 0.2) is 0 Å². The minimum Gasteiger partial charge on any atom is -0.340 e. The molecule has 0 bridgehead atoms. The molecule has 2 heteroatoms.